The molecule has 0 saturated heterocycles. The summed E-state index contributed by atoms with van der Waals surface area (Å²) in [5.41, 5.74) is 3.89. The van der Waals surface area contributed by atoms with Crippen LogP contribution in [0.4, 0.5) is 4.39 Å². The molecule has 0 aromatic heterocycles. The second-order valence-corrected chi connectivity index (χ2v) is 7.60. The minimum atomic E-state index is -0.462. The summed E-state index contributed by atoms with van der Waals surface area (Å²) in [5.74, 6) is -0.532. The summed E-state index contributed by atoms with van der Waals surface area (Å²) in [6.45, 7) is -0.171. The third-order valence-corrected chi connectivity index (χ3v) is 4.87. The lowest BCUT2D eigenvalue weighted by molar-refractivity contribution is -0.143. The molecule has 0 heterocycles. The van der Waals surface area contributed by atoms with Crippen LogP contribution in [0.2, 0.25) is 0 Å². The van der Waals surface area contributed by atoms with E-state index < -0.39 is 5.97 Å². The summed E-state index contributed by atoms with van der Waals surface area (Å²) in [7, 11) is 1.30. The summed E-state index contributed by atoms with van der Waals surface area (Å²) < 4.78 is 24.5. The first-order chi connectivity index (χ1) is 12.9. The number of hydrazone groups is 1. The van der Waals surface area contributed by atoms with E-state index in [1.807, 2.05) is 12.1 Å². The van der Waals surface area contributed by atoms with Crippen LogP contribution in [0.5, 0.6) is 5.75 Å². The maximum Gasteiger partial charge on any atom is 0.343 e. The molecule has 0 spiro atoms. The van der Waals surface area contributed by atoms with Crippen LogP contribution >= 0.6 is 45.2 Å². The van der Waals surface area contributed by atoms with Gasteiger partial charge in [0, 0.05) is 0 Å². The van der Waals surface area contributed by atoms with Gasteiger partial charge in [0.2, 0.25) is 5.91 Å². The number of rotatable bonds is 7. The van der Waals surface area contributed by atoms with Gasteiger partial charge in [0.1, 0.15) is 11.6 Å². The summed E-state index contributed by atoms with van der Waals surface area (Å²) in [4.78, 5) is 23.1. The van der Waals surface area contributed by atoms with Crippen LogP contribution in [0.25, 0.3) is 0 Å². The van der Waals surface area contributed by atoms with E-state index in [0.29, 0.717) is 11.3 Å². The molecule has 142 valence electrons. The lowest BCUT2D eigenvalue weighted by Gasteiger charge is -2.10. The van der Waals surface area contributed by atoms with Crippen LogP contribution in [0.15, 0.2) is 41.5 Å². The lowest BCUT2D eigenvalue weighted by Crippen LogP contribution is -2.19. The van der Waals surface area contributed by atoms with Gasteiger partial charge in [0.25, 0.3) is 0 Å². The van der Waals surface area contributed by atoms with Gasteiger partial charge in [-0.25, -0.2) is 14.6 Å². The Hall–Kier alpha value is -1.76. The Bertz CT molecular complexity index is 834. The maximum absolute atomic E-state index is 12.9. The molecule has 0 aliphatic carbocycles. The third-order valence-electron chi connectivity index (χ3n) is 3.26. The van der Waals surface area contributed by atoms with Gasteiger partial charge in [-0.2, -0.15) is 5.10 Å². The van der Waals surface area contributed by atoms with Crippen molar-refractivity contribution in [3.63, 3.8) is 0 Å². The molecular weight excluding hydrogens is 581 g/mol. The van der Waals surface area contributed by atoms with Crippen molar-refractivity contribution in [1.29, 1.82) is 0 Å². The smallest absolute Gasteiger partial charge is 0.343 e. The topological polar surface area (TPSA) is 77.0 Å². The predicted molar refractivity (Wildman–Crippen MR) is 115 cm³/mol. The first-order valence-corrected chi connectivity index (χ1v) is 9.80. The normalized spacial score (nSPS) is 10.7. The van der Waals surface area contributed by atoms with E-state index in [2.05, 4.69) is 60.4 Å². The van der Waals surface area contributed by atoms with E-state index in [1.54, 1.807) is 12.1 Å². The number of ether oxygens (including phenoxy) is 2. The highest BCUT2D eigenvalue weighted by atomic mass is 127. The number of carbonyl (C=O) groups is 2. The minimum absolute atomic E-state index is 0.104. The largest absolute Gasteiger partial charge is 0.480 e. The maximum atomic E-state index is 12.9. The average molecular weight is 596 g/mol. The number of halogens is 3. The van der Waals surface area contributed by atoms with Gasteiger partial charge in [-0.15, -0.1) is 0 Å². The molecule has 2 aromatic rings. The zero-order chi connectivity index (χ0) is 19.8. The number of nitrogens with one attached hydrogen (secondary N) is 1. The standard InChI is InChI=1S/C18H15FI2N2O4/c1-26-17(25)10-27-18-14(20)6-12(7-15(18)21)9-22-23-16(24)8-11-2-4-13(19)5-3-11/h2-7,9H,8,10H2,1H3,(H,23,24)/b22-9+. The van der Waals surface area contributed by atoms with Gasteiger partial charge in [-0.1, -0.05) is 12.1 Å². The van der Waals surface area contributed by atoms with E-state index >= 15 is 0 Å². The van der Waals surface area contributed by atoms with Crippen LogP contribution in [0.3, 0.4) is 0 Å². The van der Waals surface area contributed by atoms with Gasteiger partial charge in [-0.05, 0) is 80.6 Å². The van der Waals surface area contributed by atoms with Gasteiger partial charge in [0.05, 0.1) is 26.9 Å². The fraction of sp³-hybridized carbons (Fsp3) is 0.167. The van der Waals surface area contributed by atoms with Crippen molar-refractivity contribution in [3.8, 4) is 5.75 Å². The van der Waals surface area contributed by atoms with E-state index in [-0.39, 0.29) is 24.8 Å². The first kappa shape index (κ1) is 21.5. The number of hydrogen-bond acceptors (Lipinski definition) is 5. The van der Waals surface area contributed by atoms with Gasteiger partial charge < -0.3 is 9.47 Å². The molecule has 9 heteroatoms. The van der Waals surface area contributed by atoms with Gasteiger partial charge >= 0.3 is 5.97 Å². The summed E-state index contributed by atoms with van der Waals surface area (Å²) >= 11 is 4.18. The van der Waals surface area contributed by atoms with Crippen LogP contribution in [0.1, 0.15) is 11.1 Å². The second kappa shape index (κ2) is 10.5. The van der Waals surface area contributed by atoms with E-state index in [1.165, 1.54) is 25.5 Å². The predicted octanol–water partition coefficient (Wildman–Crippen LogP) is 3.28. The number of amides is 1. The highest BCUT2D eigenvalue weighted by molar-refractivity contribution is 14.1. The van der Waals surface area contributed by atoms with Crippen molar-refractivity contribution in [2.45, 2.75) is 6.42 Å². The van der Waals surface area contributed by atoms with Crippen molar-refractivity contribution in [1.82, 2.24) is 5.43 Å². The monoisotopic (exact) mass is 596 g/mol. The summed E-state index contributed by atoms with van der Waals surface area (Å²) in [6, 6.07) is 9.34. The van der Waals surface area contributed by atoms with Crippen LogP contribution in [-0.4, -0.2) is 31.8 Å². The van der Waals surface area contributed by atoms with Crippen LogP contribution < -0.4 is 10.2 Å². The van der Waals surface area contributed by atoms with E-state index in [9.17, 15) is 14.0 Å². The first-order valence-electron chi connectivity index (χ1n) is 7.64. The highest BCUT2D eigenvalue weighted by Crippen LogP contribution is 2.28. The molecule has 2 aromatic carbocycles. The molecule has 0 atom stereocenters. The van der Waals surface area contributed by atoms with Gasteiger partial charge in [-0.3, -0.25) is 4.79 Å². The molecule has 0 bridgehead atoms. The fourth-order valence-electron chi connectivity index (χ4n) is 1.99. The van der Waals surface area contributed by atoms with E-state index in [4.69, 9.17) is 4.74 Å². The quantitative estimate of drug-likeness (QED) is 0.231. The minimum Gasteiger partial charge on any atom is -0.480 e. The fourth-order valence-corrected chi connectivity index (χ4v) is 4.12. The van der Waals surface area contributed by atoms with Crippen molar-refractivity contribution < 1.29 is 23.5 Å². The molecule has 1 N–H and O–H groups in total. The number of benzene rings is 2. The molecule has 27 heavy (non-hydrogen) atoms. The second-order valence-electron chi connectivity index (χ2n) is 5.27. The number of esters is 1. The Morgan fingerprint density at radius 3 is 2.41 bits per heavy atom. The van der Waals surface area contributed by atoms with Crippen molar-refractivity contribution in [2.24, 2.45) is 5.10 Å². The Labute approximate surface area is 182 Å². The van der Waals surface area contributed by atoms with Crippen LogP contribution in [-0.2, 0) is 20.7 Å². The number of nitrogens with zero attached hydrogens (tertiary/aromatic N) is 1. The molecule has 0 saturated carbocycles. The summed E-state index contributed by atoms with van der Waals surface area (Å²) in [5, 5.41) is 3.93. The molecule has 1 amide bonds. The molecule has 0 aliphatic rings. The SMILES string of the molecule is COC(=O)COc1c(I)cc(/C=N/NC(=O)Cc2ccc(F)cc2)cc1I. The molecular formula is C18H15FI2N2O4. The molecule has 0 fully saturated rings. The van der Waals surface area contributed by atoms with E-state index in [0.717, 1.165) is 12.7 Å². The summed E-state index contributed by atoms with van der Waals surface area (Å²) in [6.07, 6.45) is 1.62. The van der Waals surface area contributed by atoms with Gasteiger partial charge in [0.15, 0.2) is 6.61 Å². The Balaban J connectivity index is 1.95. The van der Waals surface area contributed by atoms with Crippen molar-refractivity contribution in [2.75, 3.05) is 13.7 Å². The molecule has 0 radical (unpaired) electrons. The molecule has 0 aliphatic heterocycles. The average Bonchev–Trinajstić information content (AvgIpc) is 2.62. The Kier molecular flexibility index (Phi) is 8.41. The van der Waals surface area contributed by atoms with Crippen molar-refractivity contribution in [3.05, 3.63) is 60.5 Å². The Morgan fingerprint density at radius 2 is 1.81 bits per heavy atom. The molecule has 0 unspecified atom stereocenters. The molecule has 6 nitrogen and oxygen atoms in total. The number of carbonyl (C=O) groups excluding carboxylic acids is 2. The van der Waals surface area contributed by atoms with Crippen molar-refractivity contribution >= 4 is 63.3 Å². The zero-order valence-corrected chi connectivity index (χ0v) is 18.5. The molecule has 2 rings (SSSR count). The van der Waals surface area contributed by atoms with Crippen LogP contribution in [0, 0.1) is 13.0 Å². The Morgan fingerprint density at radius 1 is 1.19 bits per heavy atom. The highest BCUT2D eigenvalue weighted by Gasteiger charge is 2.11. The zero-order valence-electron chi connectivity index (χ0n) is 14.2. The number of hydrogen-bond donors (Lipinski definition) is 1. The lowest BCUT2D eigenvalue weighted by atomic mass is 10.1. The third kappa shape index (κ3) is 7.05. The number of methoxy groups -OCH3 is 1.